The number of rotatable bonds is 4. The summed E-state index contributed by atoms with van der Waals surface area (Å²) in [6, 6.07) is 1.90. The summed E-state index contributed by atoms with van der Waals surface area (Å²) in [5.74, 6) is 2.51. The Labute approximate surface area is 102 Å². The standard InChI is InChI=1S/C12H18ClN3/c1-8-3-10(8)7-16(2)12-11(13)4-9(5-14)6-15-12/h4,6,8,10H,3,5,7,14H2,1-2H3. The van der Waals surface area contributed by atoms with Gasteiger partial charge in [-0.15, -0.1) is 0 Å². The third kappa shape index (κ3) is 2.47. The van der Waals surface area contributed by atoms with Gasteiger partial charge in [-0.25, -0.2) is 4.98 Å². The Morgan fingerprint density at radius 2 is 2.31 bits per heavy atom. The maximum Gasteiger partial charge on any atom is 0.147 e. The van der Waals surface area contributed by atoms with Gasteiger partial charge in [0.25, 0.3) is 0 Å². The lowest BCUT2D eigenvalue weighted by atomic mass is 10.2. The lowest BCUT2D eigenvalue weighted by Gasteiger charge is -2.19. The van der Waals surface area contributed by atoms with Crippen molar-refractivity contribution in [3.63, 3.8) is 0 Å². The summed E-state index contributed by atoms with van der Waals surface area (Å²) in [4.78, 5) is 6.50. The van der Waals surface area contributed by atoms with E-state index in [9.17, 15) is 0 Å². The molecule has 2 unspecified atom stereocenters. The fourth-order valence-electron chi connectivity index (χ4n) is 1.95. The van der Waals surface area contributed by atoms with E-state index in [1.165, 1.54) is 6.42 Å². The summed E-state index contributed by atoms with van der Waals surface area (Å²) in [7, 11) is 2.04. The molecule has 1 aromatic rings. The molecule has 1 aliphatic carbocycles. The van der Waals surface area contributed by atoms with E-state index < -0.39 is 0 Å². The summed E-state index contributed by atoms with van der Waals surface area (Å²) in [5, 5.41) is 0.693. The van der Waals surface area contributed by atoms with Crippen LogP contribution in [0, 0.1) is 11.8 Å². The Morgan fingerprint density at radius 1 is 1.62 bits per heavy atom. The van der Waals surface area contributed by atoms with Crippen LogP contribution in [0.3, 0.4) is 0 Å². The Hall–Kier alpha value is -0.800. The predicted molar refractivity (Wildman–Crippen MR) is 67.7 cm³/mol. The lowest BCUT2D eigenvalue weighted by molar-refractivity contribution is 0.719. The van der Waals surface area contributed by atoms with Crippen molar-refractivity contribution in [2.45, 2.75) is 19.9 Å². The van der Waals surface area contributed by atoms with Crippen LogP contribution >= 0.6 is 11.6 Å². The van der Waals surface area contributed by atoms with Crippen molar-refractivity contribution in [3.8, 4) is 0 Å². The van der Waals surface area contributed by atoms with E-state index in [2.05, 4.69) is 16.8 Å². The average Bonchev–Trinajstić information content (AvgIpc) is 2.93. The fraction of sp³-hybridized carbons (Fsp3) is 0.583. The van der Waals surface area contributed by atoms with Gasteiger partial charge in [0.05, 0.1) is 5.02 Å². The van der Waals surface area contributed by atoms with Gasteiger partial charge in [0.15, 0.2) is 0 Å². The molecule has 0 bridgehead atoms. The molecule has 0 saturated heterocycles. The van der Waals surface area contributed by atoms with Crippen molar-refractivity contribution >= 4 is 17.4 Å². The molecule has 1 heterocycles. The largest absolute Gasteiger partial charge is 0.358 e. The Kier molecular flexibility index (Phi) is 3.36. The minimum atomic E-state index is 0.483. The molecule has 0 spiro atoms. The SMILES string of the molecule is CC1CC1CN(C)c1ncc(CN)cc1Cl. The third-order valence-corrected chi connectivity index (χ3v) is 3.54. The molecule has 16 heavy (non-hydrogen) atoms. The predicted octanol–water partition coefficient (Wildman–Crippen LogP) is 2.29. The normalized spacial score (nSPS) is 23.2. The van der Waals surface area contributed by atoms with E-state index in [1.54, 1.807) is 6.20 Å². The summed E-state index contributed by atoms with van der Waals surface area (Å²) >= 11 is 6.18. The van der Waals surface area contributed by atoms with Crippen LogP contribution in [0.15, 0.2) is 12.3 Å². The van der Waals surface area contributed by atoms with Crippen LogP contribution in [0.25, 0.3) is 0 Å². The molecule has 0 aliphatic heterocycles. The van der Waals surface area contributed by atoms with Crippen molar-refractivity contribution in [3.05, 3.63) is 22.8 Å². The van der Waals surface area contributed by atoms with Crippen molar-refractivity contribution in [1.29, 1.82) is 0 Å². The van der Waals surface area contributed by atoms with Crippen LogP contribution in [0.5, 0.6) is 0 Å². The maximum absolute atomic E-state index is 6.18. The smallest absolute Gasteiger partial charge is 0.147 e. The topological polar surface area (TPSA) is 42.2 Å². The first-order chi connectivity index (χ1) is 7.61. The van der Waals surface area contributed by atoms with Crippen LogP contribution < -0.4 is 10.6 Å². The highest BCUT2D eigenvalue weighted by Gasteiger charge is 2.33. The first-order valence-corrected chi connectivity index (χ1v) is 6.05. The lowest BCUT2D eigenvalue weighted by Crippen LogP contribution is -2.22. The van der Waals surface area contributed by atoms with Gasteiger partial charge in [0, 0.05) is 26.3 Å². The van der Waals surface area contributed by atoms with Crippen LogP contribution in [0.2, 0.25) is 5.02 Å². The minimum Gasteiger partial charge on any atom is -0.358 e. The molecule has 2 rings (SSSR count). The van der Waals surface area contributed by atoms with E-state index >= 15 is 0 Å². The van der Waals surface area contributed by atoms with E-state index in [1.807, 2.05) is 13.1 Å². The molecule has 2 N–H and O–H groups in total. The van der Waals surface area contributed by atoms with Crippen molar-refractivity contribution in [2.24, 2.45) is 17.6 Å². The zero-order valence-electron chi connectivity index (χ0n) is 9.78. The molecule has 1 aliphatic rings. The highest BCUT2D eigenvalue weighted by molar-refractivity contribution is 6.33. The first kappa shape index (κ1) is 11.7. The van der Waals surface area contributed by atoms with E-state index in [4.69, 9.17) is 17.3 Å². The molecule has 0 aromatic carbocycles. The average molecular weight is 240 g/mol. The zero-order valence-corrected chi connectivity index (χ0v) is 10.5. The number of anilines is 1. The van der Waals surface area contributed by atoms with E-state index in [0.717, 1.165) is 29.8 Å². The van der Waals surface area contributed by atoms with Crippen LogP contribution in [0.1, 0.15) is 18.9 Å². The van der Waals surface area contributed by atoms with Gasteiger partial charge in [-0.3, -0.25) is 0 Å². The van der Waals surface area contributed by atoms with Crippen LogP contribution in [-0.2, 0) is 6.54 Å². The second-order valence-electron chi connectivity index (χ2n) is 4.71. The number of nitrogens with two attached hydrogens (primary N) is 1. The summed E-state index contributed by atoms with van der Waals surface area (Å²) in [6.07, 6.45) is 3.12. The summed E-state index contributed by atoms with van der Waals surface area (Å²) in [5.41, 5.74) is 6.52. The second-order valence-corrected chi connectivity index (χ2v) is 5.11. The van der Waals surface area contributed by atoms with Crippen molar-refractivity contribution in [2.75, 3.05) is 18.5 Å². The summed E-state index contributed by atoms with van der Waals surface area (Å²) < 4.78 is 0. The Balaban J connectivity index is 2.07. The molecular formula is C12H18ClN3. The number of hydrogen-bond donors (Lipinski definition) is 1. The van der Waals surface area contributed by atoms with Crippen molar-refractivity contribution < 1.29 is 0 Å². The summed E-state index contributed by atoms with van der Waals surface area (Å²) in [6.45, 7) is 3.80. The molecule has 1 saturated carbocycles. The monoisotopic (exact) mass is 239 g/mol. The molecule has 0 amide bonds. The Morgan fingerprint density at radius 3 is 2.81 bits per heavy atom. The molecule has 1 aromatic heterocycles. The molecular weight excluding hydrogens is 222 g/mol. The highest BCUT2D eigenvalue weighted by Crippen LogP contribution is 2.39. The van der Waals surface area contributed by atoms with Gasteiger partial charge in [0.2, 0.25) is 0 Å². The first-order valence-electron chi connectivity index (χ1n) is 5.67. The second kappa shape index (κ2) is 4.60. The van der Waals surface area contributed by atoms with Gasteiger partial charge >= 0.3 is 0 Å². The highest BCUT2D eigenvalue weighted by atomic mass is 35.5. The quantitative estimate of drug-likeness (QED) is 0.877. The van der Waals surface area contributed by atoms with Gasteiger partial charge in [-0.1, -0.05) is 18.5 Å². The number of nitrogens with zero attached hydrogens (tertiary/aromatic N) is 2. The molecule has 1 fully saturated rings. The fourth-order valence-corrected chi connectivity index (χ4v) is 2.29. The maximum atomic E-state index is 6.18. The van der Waals surface area contributed by atoms with Gasteiger partial charge < -0.3 is 10.6 Å². The van der Waals surface area contributed by atoms with Crippen molar-refractivity contribution in [1.82, 2.24) is 4.98 Å². The van der Waals surface area contributed by atoms with Gasteiger partial charge in [0.1, 0.15) is 5.82 Å². The van der Waals surface area contributed by atoms with Crippen LogP contribution in [0.4, 0.5) is 5.82 Å². The van der Waals surface area contributed by atoms with Gasteiger partial charge in [-0.2, -0.15) is 0 Å². The van der Waals surface area contributed by atoms with E-state index in [0.29, 0.717) is 11.6 Å². The number of halogens is 1. The molecule has 2 atom stereocenters. The minimum absolute atomic E-state index is 0.483. The van der Waals surface area contributed by atoms with E-state index in [-0.39, 0.29) is 0 Å². The molecule has 3 nitrogen and oxygen atoms in total. The zero-order chi connectivity index (χ0) is 11.7. The third-order valence-electron chi connectivity index (χ3n) is 3.26. The molecule has 88 valence electrons. The Bertz CT molecular complexity index is 381. The molecule has 0 radical (unpaired) electrons. The number of aromatic nitrogens is 1. The molecule has 4 heteroatoms. The number of pyridine rings is 1. The van der Waals surface area contributed by atoms with Gasteiger partial charge in [-0.05, 0) is 29.9 Å². The van der Waals surface area contributed by atoms with Crippen LogP contribution in [-0.4, -0.2) is 18.6 Å². The number of hydrogen-bond acceptors (Lipinski definition) is 3.